The van der Waals surface area contributed by atoms with Crippen LogP contribution in [0, 0.1) is 0 Å². The highest BCUT2D eigenvalue weighted by molar-refractivity contribution is 9.10. The number of methoxy groups -OCH3 is 1. The highest BCUT2D eigenvalue weighted by atomic mass is 79.9. The number of ether oxygens (including phenoxy) is 1. The number of hydrogen-bond acceptors (Lipinski definition) is 12. The van der Waals surface area contributed by atoms with Crippen LogP contribution in [0.1, 0.15) is 62.1 Å². The van der Waals surface area contributed by atoms with Gasteiger partial charge in [0, 0.05) is 99.6 Å². The fourth-order valence-corrected chi connectivity index (χ4v) is 10.6. The fourth-order valence-electron chi connectivity index (χ4n) is 8.73. The number of piperidine rings is 1. The number of carbonyl (C=O) groups is 2. The SMILES string of the molecule is C=P(C)(C)c1c(Nc2nc(Nc3cc(CC)c(N4CCC(N5CCN(CCc6ccc(C(C)CCC(=O)NC=O)cc6)CC5)CC4)cc3OC)ncc2Br)ccc2nccnc12. The van der Waals surface area contributed by atoms with Crippen molar-refractivity contribution in [3.63, 3.8) is 0 Å². The van der Waals surface area contributed by atoms with E-state index in [9.17, 15) is 9.59 Å². The Hall–Kier alpha value is -4.88. The molecular weight excluding hydrogens is 863 g/mol. The van der Waals surface area contributed by atoms with Crippen molar-refractivity contribution >= 4 is 86.6 Å². The smallest absolute Gasteiger partial charge is 0.229 e. The Morgan fingerprint density at radius 3 is 2.42 bits per heavy atom. The van der Waals surface area contributed by atoms with E-state index in [1.807, 2.05) is 12.1 Å². The maximum Gasteiger partial charge on any atom is 0.229 e. The number of carbonyl (C=O) groups excluding carboxylic acids is 2. The molecular formula is C47H60BrN10O3P. The van der Waals surface area contributed by atoms with Gasteiger partial charge in [-0.15, -0.1) is 0 Å². The average molecular weight is 924 g/mol. The Bertz CT molecular complexity index is 2390. The number of rotatable bonds is 17. The molecule has 0 spiro atoms. The molecule has 3 aromatic carbocycles. The first-order valence-electron chi connectivity index (χ1n) is 21.7. The predicted molar refractivity (Wildman–Crippen MR) is 259 cm³/mol. The zero-order chi connectivity index (χ0) is 43.8. The van der Waals surface area contributed by atoms with Gasteiger partial charge in [-0.3, -0.25) is 29.8 Å². The molecule has 2 amide bonds. The van der Waals surface area contributed by atoms with Crippen molar-refractivity contribution in [2.45, 2.75) is 64.3 Å². The first-order chi connectivity index (χ1) is 29.9. The highest BCUT2D eigenvalue weighted by Crippen LogP contribution is 2.41. The molecule has 0 bridgehead atoms. The van der Waals surface area contributed by atoms with Crippen LogP contribution in [0.5, 0.6) is 5.75 Å². The second-order valence-corrected chi connectivity index (χ2v) is 21.6. The Morgan fingerprint density at radius 2 is 1.73 bits per heavy atom. The molecule has 2 fully saturated rings. The van der Waals surface area contributed by atoms with Crippen molar-refractivity contribution in [2.24, 2.45) is 0 Å². The lowest BCUT2D eigenvalue weighted by molar-refractivity contribution is -0.125. The quantitative estimate of drug-likeness (QED) is 0.0627. The molecule has 62 heavy (non-hydrogen) atoms. The van der Waals surface area contributed by atoms with Crippen LogP contribution in [0.2, 0.25) is 0 Å². The van der Waals surface area contributed by atoms with Gasteiger partial charge in [0.15, 0.2) is 0 Å². The summed E-state index contributed by atoms with van der Waals surface area (Å²) in [5.41, 5.74) is 8.47. The molecule has 328 valence electrons. The van der Waals surface area contributed by atoms with Crippen LogP contribution in [-0.2, 0) is 22.4 Å². The van der Waals surface area contributed by atoms with Crippen LogP contribution in [0.4, 0.5) is 28.8 Å². The summed E-state index contributed by atoms with van der Waals surface area (Å²) in [7, 11) is 1.72. The van der Waals surface area contributed by atoms with Crippen molar-refractivity contribution in [2.75, 3.05) is 81.8 Å². The summed E-state index contributed by atoms with van der Waals surface area (Å²) in [5, 5.41) is 10.3. The highest BCUT2D eigenvalue weighted by Gasteiger charge is 2.29. The van der Waals surface area contributed by atoms with Gasteiger partial charge in [0.05, 0.1) is 28.3 Å². The lowest BCUT2D eigenvalue weighted by Gasteiger charge is -2.43. The lowest BCUT2D eigenvalue weighted by atomic mass is 9.95. The number of hydrogen-bond donors (Lipinski definition) is 3. The molecule has 1 unspecified atom stereocenters. The molecule has 15 heteroatoms. The molecule has 2 saturated heterocycles. The second kappa shape index (κ2) is 20.5. The van der Waals surface area contributed by atoms with Crippen molar-refractivity contribution < 1.29 is 14.3 Å². The van der Waals surface area contributed by atoms with E-state index in [0.29, 0.717) is 30.6 Å². The standard InChI is InChI=1S/C47H60BrN10O3P/c1-7-34-28-40(54-47-51-30-37(48)46(55-47)53-39-14-13-38-44(50-20-19-49-38)45(39)62(4,5)6)42(61-3)29-41(34)58-22-17-36(18-23-58)57-26-24-56(25-27-57)21-16-33-9-11-35(12-10-33)32(2)8-15-43(60)52-31-59/h9-14,19-20,28-32,36H,4,7-8,15-18,21-27H2,1-3,5-6H3,(H,52,59,60)(H2,51,53,54,55). The minimum atomic E-state index is -1.76. The first kappa shape index (κ1) is 45.2. The summed E-state index contributed by atoms with van der Waals surface area (Å²) >= 11 is 3.66. The topological polar surface area (TPSA) is 141 Å². The number of amides is 2. The van der Waals surface area contributed by atoms with Gasteiger partial charge in [0.25, 0.3) is 0 Å². The van der Waals surface area contributed by atoms with Gasteiger partial charge in [-0.1, -0.05) is 51.3 Å². The molecule has 5 aromatic rings. The number of piperazine rings is 1. The van der Waals surface area contributed by atoms with Gasteiger partial charge in [0.1, 0.15) is 11.6 Å². The number of benzene rings is 3. The van der Waals surface area contributed by atoms with Crippen molar-refractivity contribution in [1.82, 2.24) is 35.1 Å². The Kier molecular flexibility index (Phi) is 15.0. The van der Waals surface area contributed by atoms with Crippen molar-refractivity contribution in [3.05, 3.63) is 88.3 Å². The number of fused-ring (bicyclic) bond motifs is 1. The monoisotopic (exact) mass is 922 g/mol. The average Bonchev–Trinajstić information content (AvgIpc) is 3.28. The van der Waals surface area contributed by atoms with Crippen LogP contribution < -0.4 is 30.9 Å². The summed E-state index contributed by atoms with van der Waals surface area (Å²) in [6.07, 6.45) is 15.4. The first-order valence-corrected chi connectivity index (χ1v) is 25.3. The second-order valence-electron chi connectivity index (χ2n) is 17.0. The van der Waals surface area contributed by atoms with E-state index < -0.39 is 6.89 Å². The predicted octanol–water partition coefficient (Wildman–Crippen LogP) is 7.56. The number of halogens is 1. The molecule has 4 heterocycles. The van der Waals surface area contributed by atoms with Gasteiger partial charge >= 0.3 is 0 Å². The minimum Gasteiger partial charge on any atom is -0.494 e. The Labute approximate surface area is 374 Å². The molecule has 13 nitrogen and oxygen atoms in total. The number of anilines is 5. The third-order valence-corrected chi connectivity index (χ3v) is 14.5. The third kappa shape index (κ3) is 11.0. The molecule has 2 aliphatic rings. The molecule has 0 radical (unpaired) electrons. The Balaban J connectivity index is 0.926. The van der Waals surface area contributed by atoms with Crippen molar-refractivity contribution in [1.29, 1.82) is 0 Å². The maximum absolute atomic E-state index is 11.7. The van der Waals surface area contributed by atoms with Crippen LogP contribution in [0.15, 0.2) is 71.6 Å². The maximum atomic E-state index is 11.7. The fraction of sp³-hybridized carbons (Fsp3) is 0.426. The van der Waals surface area contributed by atoms with E-state index in [2.05, 4.69) is 131 Å². The number of nitrogens with zero attached hydrogens (tertiary/aromatic N) is 7. The zero-order valence-corrected chi connectivity index (χ0v) is 39.1. The summed E-state index contributed by atoms with van der Waals surface area (Å²) in [6, 6.07) is 17.8. The third-order valence-electron chi connectivity index (χ3n) is 12.3. The summed E-state index contributed by atoms with van der Waals surface area (Å²) in [6.45, 7) is 14.4. The lowest BCUT2D eigenvalue weighted by Crippen LogP contribution is -2.53. The van der Waals surface area contributed by atoms with E-state index in [4.69, 9.17) is 9.72 Å². The number of aryl methyl sites for hydroxylation is 1. The number of aromatic nitrogens is 4. The molecule has 2 aliphatic heterocycles. The van der Waals surface area contributed by atoms with Gasteiger partial charge in [0.2, 0.25) is 18.3 Å². The molecule has 1 atom stereocenters. The van der Waals surface area contributed by atoms with E-state index in [0.717, 1.165) is 116 Å². The summed E-state index contributed by atoms with van der Waals surface area (Å²) < 4.78 is 6.72. The largest absolute Gasteiger partial charge is 0.494 e. The van der Waals surface area contributed by atoms with E-state index >= 15 is 0 Å². The van der Waals surface area contributed by atoms with Crippen LogP contribution >= 0.6 is 22.8 Å². The molecule has 0 aliphatic carbocycles. The van der Waals surface area contributed by atoms with Crippen LogP contribution in [-0.4, -0.2) is 121 Å². The summed E-state index contributed by atoms with van der Waals surface area (Å²) in [5.74, 6) is 1.87. The zero-order valence-electron chi connectivity index (χ0n) is 36.7. The van der Waals surface area contributed by atoms with E-state index in [1.165, 1.54) is 22.4 Å². The molecule has 3 N–H and O–H groups in total. The molecule has 2 aromatic heterocycles. The normalized spacial score (nSPS) is 15.9. The van der Waals surface area contributed by atoms with Gasteiger partial charge in [-0.05, 0) is 102 Å². The number of nitrogens with one attached hydrogen (secondary N) is 3. The molecule has 0 saturated carbocycles. The van der Waals surface area contributed by atoms with Crippen molar-refractivity contribution in [3.8, 4) is 5.75 Å². The van der Waals surface area contributed by atoms with Crippen LogP contribution in [0.25, 0.3) is 11.0 Å². The van der Waals surface area contributed by atoms with Gasteiger partial charge < -0.3 is 25.2 Å². The Morgan fingerprint density at radius 1 is 0.984 bits per heavy atom. The summed E-state index contributed by atoms with van der Waals surface area (Å²) in [4.78, 5) is 48.7. The van der Waals surface area contributed by atoms with Gasteiger partial charge in [-0.2, -0.15) is 4.98 Å². The van der Waals surface area contributed by atoms with E-state index in [1.54, 1.807) is 25.7 Å². The number of imide groups is 1. The minimum absolute atomic E-state index is 0.224. The van der Waals surface area contributed by atoms with Gasteiger partial charge in [-0.25, -0.2) is 4.98 Å². The van der Waals surface area contributed by atoms with Crippen LogP contribution in [0.3, 0.4) is 0 Å². The van der Waals surface area contributed by atoms with E-state index in [-0.39, 0.29) is 11.8 Å². The molecule has 7 rings (SSSR count).